The number of rotatable bonds is 2. The first-order chi connectivity index (χ1) is 9.63. The van der Waals surface area contributed by atoms with Crippen LogP contribution in [0, 0.1) is 5.92 Å². The van der Waals surface area contributed by atoms with Crippen molar-refractivity contribution < 1.29 is 0 Å². The Kier molecular flexibility index (Phi) is 3.66. The summed E-state index contributed by atoms with van der Waals surface area (Å²) in [5.41, 5.74) is 2.05. The number of pyridine rings is 1. The van der Waals surface area contributed by atoms with Gasteiger partial charge in [-0.2, -0.15) is 5.10 Å². The highest BCUT2D eigenvalue weighted by atomic mass is 35.5. The molecule has 0 aliphatic carbocycles. The Labute approximate surface area is 124 Å². The van der Waals surface area contributed by atoms with Crippen LogP contribution in [0.25, 0.3) is 11.1 Å². The topological polar surface area (TPSA) is 34.0 Å². The second-order valence-corrected chi connectivity index (χ2v) is 6.03. The lowest BCUT2D eigenvalue weighted by Gasteiger charge is -2.32. The van der Waals surface area contributed by atoms with Gasteiger partial charge in [0.05, 0.1) is 11.2 Å². The number of nitrogens with zero attached hydrogens (tertiary/aromatic N) is 4. The quantitative estimate of drug-likeness (QED) is 0.850. The number of hydrogen-bond donors (Lipinski definition) is 0. The predicted molar refractivity (Wildman–Crippen MR) is 82.1 cm³/mol. The van der Waals surface area contributed by atoms with Gasteiger partial charge in [0.1, 0.15) is 5.82 Å². The molecule has 2 aromatic rings. The van der Waals surface area contributed by atoms with Crippen molar-refractivity contribution >= 4 is 17.4 Å². The van der Waals surface area contributed by atoms with Gasteiger partial charge >= 0.3 is 0 Å². The van der Waals surface area contributed by atoms with Crippen LogP contribution in [-0.2, 0) is 7.05 Å². The Morgan fingerprint density at radius 2 is 2.15 bits per heavy atom. The number of hydrogen-bond acceptors (Lipinski definition) is 3. The van der Waals surface area contributed by atoms with Gasteiger partial charge in [-0.15, -0.1) is 0 Å². The molecule has 5 heteroatoms. The van der Waals surface area contributed by atoms with E-state index in [0.717, 1.165) is 35.1 Å². The molecule has 1 aliphatic rings. The van der Waals surface area contributed by atoms with Gasteiger partial charge in [-0.1, -0.05) is 18.5 Å². The molecule has 0 spiro atoms. The zero-order valence-electron chi connectivity index (χ0n) is 11.9. The van der Waals surface area contributed by atoms with Gasteiger partial charge in [-0.05, 0) is 24.8 Å². The monoisotopic (exact) mass is 290 g/mol. The molecule has 0 radical (unpaired) electrons. The summed E-state index contributed by atoms with van der Waals surface area (Å²) in [4.78, 5) is 6.87. The fourth-order valence-electron chi connectivity index (χ4n) is 2.77. The average molecular weight is 291 g/mol. The maximum atomic E-state index is 6.44. The summed E-state index contributed by atoms with van der Waals surface area (Å²) in [6.07, 6.45) is 8.19. The first kappa shape index (κ1) is 13.4. The highest BCUT2D eigenvalue weighted by molar-refractivity contribution is 6.33. The van der Waals surface area contributed by atoms with Crippen LogP contribution in [0.4, 0.5) is 5.82 Å². The molecule has 20 heavy (non-hydrogen) atoms. The SMILES string of the molecule is CC1CCCN(c2ncc(-c3cnn(C)c3)cc2Cl)C1. The Balaban J connectivity index is 1.87. The van der Waals surface area contributed by atoms with Gasteiger partial charge in [0.25, 0.3) is 0 Å². The van der Waals surface area contributed by atoms with E-state index in [4.69, 9.17) is 11.6 Å². The maximum absolute atomic E-state index is 6.44. The summed E-state index contributed by atoms with van der Waals surface area (Å²) < 4.78 is 1.78. The number of aromatic nitrogens is 3. The molecular weight excluding hydrogens is 272 g/mol. The number of anilines is 1. The second-order valence-electron chi connectivity index (χ2n) is 5.63. The molecule has 0 N–H and O–H groups in total. The van der Waals surface area contributed by atoms with Gasteiger partial charge in [0.2, 0.25) is 0 Å². The molecule has 0 amide bonds. The average Bonchev–Trinajstić information content (AvgIpc) is 2.85. The summed E-state index contributed by atoms with van der Waals surface area (Å²) in [7, 11) is 1.90. The fourth-order valence-corrected chi connectivity index (χ4v) is 3.06. The predicted octanol–water partition coefficient (Wildman–Crippen LogP) is 3.37. The lowest BCUT2D eigenvalue weighted by atomic mass is 10.0. The molecule has 3 heterocycles. The van der Waals surface area contributed by atoms with Crippen LogP contribution in [0.2, 0.25) is 5.02 Å². The molecule has 3 rings (SSSR count). The highest BCUT2D eigenvalue weighted by Crippen LogP contribution is 2.31. The van der Waals surface area contributed by atoms with Crippen LogP contribution in [-0.4, -0.2) is 27.9 Å². The van der Waals surface area contributed by atoms with Crippen molar-refractivity contribution in [2.45, 2.75) is 19.8 Å². The van der Waals surface area contributed by atoms with Crippen LogP contribution in [0.5, 0.6) is 0 Å². The molecule has 2 aromatic heterocycles. The highest BCUT2D eigenvalue weighted by Gasteiger charge is 2.20. The normalized spacial score (nSPS) is 19.4. The van der Waals surface area contributed by atoms with E-state index in [9.17, 15) is 0 Å². The lowest BCUT2D eigenvalue weighted by Crippen LogP contribution is -2.34. The third-order valence-corrected chi connectivity index (χ3v) is 4.09. The van der Waals surface area contributed by atoms with Gasteiger partial charge in [-0.25, -0.2) is 4.98 Å². The number of halogens is 1. The van der Waals surface area contributed by atoms with Crippen molar-refractivity contribution in [3.05, 3.63) is 29.7 Å². The third-order valence-electron chi connectivity index (χ3n) is 3.82. The summed E-state index contributed by atoms with van der Waals surface area (Å²) in [6, 6.07) is 1.99. The van der Waals surface area contributed by atoms with Crippen molar-refractivity contribution in [3.63, 3.8) is 0 Å². The third kappa shape index (κ3) is 2.66. The van der Waals surface area contributed by atoms with Crippen LogP contribution < -0.4 is 4.90 Å². The van der Waals surface area contributed by atoms with Crippen LogP contribution >= 0.6 is 11.6 Å². The van der Waals surface area contributed by atoms with Crippen LogP contribution in [0.15, 0.2) is 24.7 Å². The smallest absolute Gasteiger partial charge is 0.147 e. The van der Waals surface area contributed by atoms with E-state index in [0.29, 0.717) is 5.92 Å². The van der Waals surface area contributed by atoms with Gasteiger partial charge in [-0.3, -0.25) is 4.68 Å². The van der Waals surface area contributed by atoms with E-state index in [2.05, 4.69) is 21.9 Å². The van der Waals surface area contributed by atoms with Crippen molar-refractivity contribution in [3.8, 4) is 11.1 Å². The first-order valence-electron chi connectivity index (χ1n) is 7.03. The van der Waals surface area contributed by atoms with Crippen LogP contribution in [0.1, 0.15) is 19.8 Å². The second kappa shape index (κ2) is 5.44. The number of piperidine rings is 1. The molecule has 1 fully saturated rings. The molecule has 0 aromatic carbocycles. The van der Waals surface area contributed by atoms with Crippen molar-refractivity contribution in [1.29, 1.82) is 0 Å². The van der Waals surface area contributed by atoms with Gasteiger partial charge < -0.3 is 4.90 Å². The van der Waals surface area contributed by atoms with E-state index in [1.54, 1.807) is 4.68 Å². The Bertz CT molecular complexity index is 608. The minimum Gasteiger partial charge on any atom is -0.355 e. The molecule has 106 valence electrons. The van der Waals surface area contributed by atoms with Crippen molar-refractivity contribution in [1.82, 2.24) is 14.8 Å². The standard InChI is InChI=1S/C15H19ClN4/c1-11-4-3-5-20(9-11)15-14(16)6-12(7-17-15)13-8-18-19(2)10-13/h6-8,10-11H,3-5,9H2,1-2H3. The molecule has 0 saturated carbocycles. The minimum absolute atomic E-state index is 0.708. The zero-order valence-corrected chi connectivity index (χ0v) is 12.6. The van der Waals surface area contributed by atoms with Crippen LogP contribution in [0.3, 0.4) is 0 Å². The molecule has 1 atom stereocenters. The summed E-state index contributed by atoms with van der Waals surface area (Å²) >= 11 is 6.44. The molecule has 1 aliphatic heterocycles. The van der Waals surface area contributed by atoms with Gasteiger partial charge in [0.15, 0.2) is 0 Å². The van der Waals surface area contributed by atoms with E-state index < -0.39 is 0 Å². The lowest BCUT2D eigenvalue weighted by molar-refractivity contribution is 0.444. The fraction of sp³-hybridized carbons (Fsp3) is 0.467. The minimum atomic E-state index is 0.708. The van der Waals surface area contributed by atoms with Gasteiger partial charge in [0, 0.05) is 43.7 Å². The summed E-state index contributed by atoms with van der Waals surface area (Å²) in [6.45, 7) is 4.37. The first-order valence-corrected chi connectivity index (χ1v) is 7.41. The molecule has 1 saturated heterocycles. The van der Waals surface area contributed by atoms with E-state index in [-0.39, 0.29) is 0 Å². The van der Waals surface area contributed by atoms with E-state index in [1.165, 1.54) is 12.8 Å². The molecule has 0 bridgehead atoms. The zero-order chi connectivity index (χ0) is 14.1. The summed E-state index contributed by atoms with van der Waals surface area (Å²) in [5.74, 6) is 1.62. The van der Waals surface area contributed by atoms with Crippen molar-refractivity contribution in [2.24, 2.45) is 13.0 Å². The molecule has 4 nitrogen and oxygen atoms in total. The Morgan fingerprint density at radius 1 is 1.30 bits per heavy atom. The van der Waals surface area contributed by atoms with Crippen molar-refractivity contribution in [2.75, 3.05) is 18.0 Å². The summed E-state index contributed by atoms with van der Waals surface area (Å²) in [5, 5.41) is 4.90. The molecule has 1 unspecified atom stereocenters. The van der Waals surface area contributed by atoms with E-state index in [1.807, 2.05) is 31.7 Å². The van der Waals surface area contributed by atoms with E-state index >= 15 is 0 Å². The largest absolute Gasteiger partial charge is 0.355 e. The number of aryl methyl sites for hydroxylation is 1. The maximum Gasteiger partial charge on any atom is 0.147 e. The Hall–Kier alpha value is -1.55. The Morgan fingerprint density at radius 3 is 2.80 bits per heavy atom. The molecular formula is C15H19ClN4.